The Labute approximate surface area is 168 Å². The molecule has 9 heteroatoms. The summed E-state index contributed by atoms with van der Waals surface area (Å²) in [6.07, 6.45) is 0.816. The first-order valence-electron chi connectivity index (χ1n) is 8.88. The van der Waals surface area contributed by atoms with Crippen LogP contribution >= 0.6 is 23.2 Å². The topological polar surface area (TPSA) is 81.0 Å². The molecule has 0 aliphatic heterocycles. The van der Waals surface area contributed by atoms with Gasteiger partial charge in [0.2, 0.25) is 5.91 Å². The number of hydrogen-bond acceptors (Lipinski definition) is 4. The molecule has 0 fully saturated rings. The van der Waals surface area contributed by atoms with Crippen LogP contribution in [0.15, 0.2) is 16.9 Å². The Morgan fingerprint density at radius 1 is 1.22 bits per heavy atom. The van der Waals surface area contributed by atoms with Crippen LogP contribution in [0.2, 0.25) is 10.0 Å². The summed E-state index contributed by atoms with van der Waals surface area (Å²) in [5, 5.41) is 10.9. The molecular formula is C18H25Cl2N5O2. The third-order valence-electron chi connectivity index (χ3n) is 3.96. The van der Waals surface area contributed by atoms with Crippen molar-refractivity contribution in [3.05, 3.63) is 38.5 Å². The maximum atomic E-state index is 12.7. The van der Waals surface area contributed by atoms with Crippen LogP contribution in [0.25, 0.3) is 5.69 Å². The van der Waals surface area contributed by atoms with E-state index in [1.807, 2.05) is 20.8 Å². The van der Waals surface area contributed by atoms with E-state index in [2.05, 4.69) is 15.7 Å². The second-order valence-electron chi connectivity index (χ2n) is 6.71. The SMILES string of the molecule is CCCn1c(C)nn(-c2cc(NC(C)C(=O)NC(C)C)c(Cl)cc2Cl)c1=O. The van der Waals surface area contributed by atoms with Gasteiger partial charge in [-0.05, 0) is 46.2 Å². The highest BCUT2D eigenvalue weighted by molar-refractivity contribution is 6.37. The average molecular weight is 414 g/mol. The number of aryl methyl sites for hydroxylation is 1. The smallest absolute Gasteiger partial charge is 0.350 e. The molecule has 1 aromatic heterocycles. The molecule has 1 heterocycles. The van der Waals surface area contributed by atoms with Crippen molar-refractivity contribution >= 4 is 34.8 Å². The van der Waals surface area contributed by atoms with Gasteiger partial charge in [0.25, 0.3) is 0 Å². The van der Waals surface area contributed by atoms with Crippen LogP contribution in [0, 0.1) is 6.92 Å². The van der Waals surface area contributed by atoms with Crippen LogP contribution in [0.4, 0.5) is 5.69 Å². The largest absolute Gasteiger partial charge is 0.373 e. The predicted octanol–water partition coefficient (Wildman–Crippen LogP) is 3.38. The molecule has 1 amide bonds. The number of anilines is 1. The van der Waals surface area contributed by atoms with Crippen LogP contribution in [-0.2, 0) is 11.3 Å². The Morgan fingerprint density at radius 2 is 1.89 bits per heavy atom. The zero-order chi connectivity index (χ0) is 20.3. The van der Waals surface area contributed by atoms with Gasteiger partial charge in [-0.15, -0.1) is 0 Å². The van der Waals surface area contributed by atoms with Gasteiger partial charge in [-0.2, -0.15) is 9.78 Å². The second kappa shape index (κ2) is 8.80. The summed E-state index contributed by atoms with van der Waals surface area (Å²) in [6.45, 7) is 9.85. The highest BCUT2D eigenvalue weighted by atomic mass is 35.5. The van der Waals surface area contributed by atoms with E-state index in [4.69, 9.17) is 23.2 Å². The van der Waals surface area contributed by atoms with Crippen molar-refractivity contribution in [2.45, 2.75) is 59.7 Å². The number of carbonyl (C=O) groups excluding carboxylic acids is 1. The third-order valence-corrected chi connectivity index (χ3v) is 4.57. The van der Waals surface area contributed by atoms with Crippen LogP contribution in [0.5, 0.6) is 0 Å². The molecule has 0 aliphatic carbocycles. The van der Waals surface area contributed by atoms with Crippen LogP contribution in [-0.4, -0.2) is 32.3 Å². The number of halogens is 2. The van der Waals surface area contributed by atoms with Crippen LogP contribution in [0.1, 0.15) is 39.9 Å². The van der Waals surface area contributed by atoms with Gasteiger partial charge in [-0.1, -0.05) is 30.1 Å². The maximum Gasteiger partial charge on any atom is 0.350 e. The van der Waals surface area contributed by atoms with Crippen LogP contribution in [0.3, 0.4) is 0 Å². The van der Waals surface area contributed by atoms with Gasteiger partial charge >= 0.3 is 5.69 Å². The fourth-order valence-corrected chi connectivity index (χ4v) is 3.17. The molecular weight excluding hydrogens is 389 g/mol. The van der Waals surface area contributed by atoms with Gasteiger partial charge in [0.1, 0.15) is 11.9 Å². The number of amides is 1. The Kier molecular flexibility index (Phi) is 6.95. The first kappa shape index (κ1) is 21.3. The monoisotopic (exact) mass is 413 g/mol. The molecule has 0 radical (unpaired) electrons. The van der Waals surface area contributed by atoms with Gasteiger partial charge in [-0.3, -0.25) is 9.36 Å². The molecule has 7 nitrogen and oxygen atoms in total. The lowest BCUT2D eigenvalue weighted by Crippen LogP contribution is -2.41. The fraction of sp³-hybridized carbons (Fsp3) is 0.500. The molecule has 0 saturated heterocycles. The Hall–Kier alpha value is -1.99. The summed E-state index contributed by atoms with van der Waals surface area (Å²) in [6, 6.07) is 2.68. The van der Waals surface area contributed by atoms with Gasteiger partial charge in [0.05, 0.1) is 21.4 Å². The first-order valence-corrected chi connectivity index (χ1v) is 9.64. The average Bonchev–Trinajstić information content (AvgIpc) is 2.85. The zero-order valence-corrected chi connectivity index (χ0v) is 17.6. The quantitative estimate of drug-likeness (QED) is 0.728. The minimum atomic E-state index is -0.518. The molecule has 0 spiro atoms. The number of nitrogens with one attached hydrogen (secondary N) is 2. The summed E-state index contributed by atoms with van der Waals surface area (Å²) >= 11 is 12.6. The van der Waals surface area contributed by atoms with E-state index >= 15 is 0 Å². The highest BCUT2D eigenvalue weighted by Gasteiger charge is 2.19. The number of benzene rings is 1. The first-order chi connectivity index (χ1) is 12.6. The van der Waals surface area contributed by atoms with Crippen molar-refractivity contribution in [3.63, 3.8) is 0 Å². The maximum absolute atomic E-state index is 12.7. The molecule has 2 N–H and O–H groups in total. The lowest BCUT2D eigenvalue weighted by atomic mass is 10.2. The van der Waals surface area contributed by atoms with E-state index in [0.29, 0.717) is 33.8 Å². The molecule has 27 heavy (non-hydrogen) atoms. The number of aromatic nitrogens is 3. The third kappa shape index (κ3) is 4.84. The summed E-state index contributed by atoms with van der Waals surface area (Å²) in [4.78, 5) is 24.8. The molecule has 1 atom stereocenters. The van der Waals surface area contributed by atoms with Crippen molar-refractivity contribution < 1.29 is 4.79 Å². The van der Waals surface area contributed by atoms with Crippen LogP contribution < -0.4 is 16.3 Å². The number of rotatable bonds is 7. The summed E-state index contributed by atoms with van der Waals surface area (Å²) < 4.78 is 2.85. The highest BCUT2D eigenvalue weighted by Crippen LogP contribution is 2.31. The van der Waals surface area contributed by atoms with E-state index in [9.17, 15) is 9.59 Å². The van der Waals surface area contributed by atoms with E-state index in [-0.39, 0.29) is 17.6 Å². The molecule has 0 bridgehead atoms. The van der Waals surface area contributed by atoms with Gasteiger partial charge in [-0.25, -0.2) is 4.79 Å². The fourth-order valence-electron chi connectivity index (χ4n) is 2.65. The normalized spacial score (nSPS) is 12.3. The molecule has 1 aromatic carbocycles. The van der Waals surface area contributed by atoms with Crippen molar-refractivity contribution in [3.8, 4) is 5.69 Å². The number of carbonyl (C=O) groups is 1. The minimum Gasteiger partial charge on any atom is -0.373 e. The Balaban J connectivity index is 2.41. The molecule has 0 aliphatic rings. The van der Waals surface area contributed by atoms with E-state index < -0.39 is 6.04 Å². The lowest BCUT2D eigenvalue weighted by molar-refractivity contribution is -0.122. The lowest BCUT2D eigenvalue weighted by Gasteiger charge is -2.18. The zero-order valence-electron chi connectivity index (χ0n) is 16.1. The summed E-state index contributed by atoms with van der Waals surface area (Å²) in [5.74, 6) is 0.449. The summed E-state index contributed by atoms with van der Waals surface area (Å²) in [7, 11) is 0. The molecule has 2 aromatic rings. The number of hydrogen-bond donors (Lipinski definition) is 2. The van der Waals surface area contributed by atoms with E-state index in [1.54, 1.807) is 24.5 Å². The standard InChI is InChI=1S/C18H25Cl2N5O2/c1-6-7-24-12(5)23-25(18(24)27)16-9-15(13(19)8-14(16)20)22-11(4)17(26)21-10(2)3/h8-11,22H,6-7H2,1-5H3,(H,21,26). The van der Waals surface area contributed by atoms with E-state index in [0.717, 1.165) is 6.42 Å². The Morgan fingerprint density at radius 3 is 2.48 bits per heavy atom. The molecule has 1 unspecified atom stereocenters. The van der Waals surface area contributed by atoms with Gasteiger partial charge in [0.15, 0.2) is 0 Å². The van der Waals surface area contributed by atoms with Crippen molar-refractivity contribution in [2.75, 3.05) is 5.32 Å². The Bertz CT molecular complexity index is 889. The number of nitrogens with zero attached hydrogens (tertiary/aromatic N) is 3. The van der Waals surface area contributed by atoms with Gasteiger partial charge in [0, 0.05) is 12.6 Å². The second-order valence-corrected chi connectivity index (χ2v) is 7.52. The molecule has 148 valence electrons. The summed E-state index contributed by atoms with van der Waals surface area (Å²) in [5.41, 5.74) is 0.634. The van der Waals surface area contributed by atoms with Gasteiger partial charge < -0.3 is 10.6 Å². The predicted molar refractivity (Wildman–Crippen MR) is 109 cm³/mol. The molecule has 0 saturated carbocycles. The van der Waals surface area contributed by atoms with E-state index in [1.165, 1.54) is 10.7 Å². The minimum absolute atomic E-state index is 0.0297. The van der Waals surface area contributed by atoms with Crippen molar-refractivity contribution in [1.82, 2.24) is 19.7 Å². The van der Waals surface area contributed by atoms with Crippen molar-refractivity contribution in [2.24, 2.45) is 0 Å². The molecule has 2 rings (SSSR count). The van der Waals surface area contributed by atoms with Crippen molar-refractivity contribution in [1.29, 1.82) is 0 Å².